The van der Waals surface area contributed by atoms with Crippen LogP contribution in [0.25, 0.3) is 0 Å². The van der Waals surface area contributed by atoms with Crippen molar-refractivity contribution >= 4 is 14.0 Å². The third kappa shape index (κ3) is 3.75. The SMILES string of the molecule is CCCCCc1ccccc1[Si](O)(O)O. The van der Waals surface area contributed by atoms with E-state index < -0.39 is 8.80 Å². The molecule has 0 saturated carbocycles. The van der Waals surface area contributed by atoms with Gasteiger partial charge < -0.3 is 14.4 Å². The van der Waals surface area contributed by atoms with Crippen molar-refractivity contribution in [2.24, 2.45) is 0 Å². The summed E-state index contributed by atoms with van der Waals surface area (Å²) < 4.78 is 0. The maximum atomic E-state index is 9.28. The summed E-state index contributed by atoms with van der Waals surface area (Å²) in [5, 5.41) is 0.320. The van der Waals surface area contributed by atoms with E-state index in [4.69, 9.17) is 0 Å². The lowest BCUT2D eigenvalue weighted by Gasteiger charge is -2.14. The lowest BCUT2D eigenvalue weighted by molar-refractivity contribution is 0.249. The first-order valence-corrected chi connectivity index (χ1v) is 7.15. The number of unbranched alkanes of at least 4 members (excludes halogenated alkanes) is 2. The molecule has 1 aromatic carbocycles. The van der Waals surface area contributed by atoms with Crippen LogP contribution in [-0.2, 0) is 6.42 Å². The van der Waals surface area contributed by atoms with E-state index in [-0.39, 0.29) is 0 Å². The fraction of sp³-hybridized carbons (Fsp3) is 0.455. The third-order valence-corrected chi connectivity index (χ3v) is 3.64. The summed E-state index contributed by atoms with van der Waals surface area (Å²) in [6, 6.07) is 7.00. The van der Waals surface area contributed by atoms with E-state index in [9.17, 15) is 14.4 Å². The van der Waals surface area contributed by atoms with Crippen LogP contribution in [-0.4, -0.2) is 23.2 Å². The van der Waals surface area contributed by atoms with Gasteiger partial charge in [0, 0.05) is 5.19 Å². The molecule has 0 heterocycles. The molecule has 0 aromatic heterocycles. The Morgan fingerprint density at radius 3 is 2.33 bits per heavy atom. The van der Waals surface area contributed by atoms with Crippen molar-refractivity contribution in [2.75, 3.05) is 0 Å². The van der Waals surface area contributed by atoms with Gasteiger partial charge in [0.05, 0.1) is 0 Å². The van der Waals surface area contributed by atoms with Gasteiger partial charge in [-0.15, -0.1) is 0 Å². The molecule has 3 N–H and O–H groups in total. The van der Waals surface area contributed by atoms with E-state index in [0.29, 0.717) is 5.19 Å². The van der Waals surface area contributed by atoms with Crippen molar-refractivity contribution in [1.82, 2.24) is 0 Å². The highest BCUT2D eigenvalue weighted by Gasteiger charge is 2.32. The van der Waals surface area contributed by atoms with Gasteiger partial charge in [0.1, 0.15) is 0 Å². The second-order valence-electron chi connectivity index (χ2n) is 3.75. The highest BCUT2D eigenvalue weighted by molar-refractivity contribution is 6.72. The van der Waals surface area contributed by atoms with Gasteiger partial charge >= 0.3 is 8.80 Å². The Bertz CT molecular complexity index is 307. The topological polar surface area (TPSA) is 60.7 Å². The van der Waals surface area contributed by atoms with Gasteiger partial charge in [-0.25, -0.2) is 0 Å². The van der Waals surface area contributed by atoms with Gasteiger partial charge in [0.15, 0.2) is 0 Å². The number of benzene rings is 1. The minimum Gasteiger partial charge on any atom is -0.386 e. The molecule has 0 aliphatic heterocycles. The molecule has 0 saturated heterocycles. The third-order valence-electron chi connectivity index (χ3n) is 2.43. The van der Waals surface area contributed by atoms with Gasteiger partial charge in [-0.2, -0.15) is 0 Å². The zero-order chi connectivity index (χ0) is 11.3. The highest BCUT2D eigenvalue weighted by Crippen LogP contribution is 2.06. The molecule has 0 aliphatic carbocycles. The average Bonchev–Trinajstić information content (AvgIpc) is 2.17. The minimum atomic E-state index is -4.14. The molecule has 0 radical (unpaired) electrons. The van der Waals surface area contributed by atoms with E-state index in [1.165, 1.54) is 0 Å². The van der Waals surface area contributed by atoms with Crippen LogP contribution in [0.1, 0.15) is 31.7 Å². The van der Waals surface area contributed by atoms with E-state index in [0.717, 1.165) is 31.2 Å². The summed E-state index contributed by atoms with van der Waals surface area (Å²) in [6.45, 7) is 2.12. The van der Waals surface area contributed by atoms with Crippen LogP contribution in [0.15, 0.2) is 24.3 Å². The summed E-state index contributed by atoms with van der Waals surface area (Å²) in [7, 11) is -4.14. The Morgan fingerprint density at radius 1 is 1.07 bits per heavy atom. The maximum absolute atomic E-state index is 9.28. The molecule has 84 valence electrons. The first-order chi connectivity index (χ1) is 7.05. The average molecular weight is 226 g/mol. The fourth-order valence-electron chi connectivity index (χ4n) is 1.63. The van der Waals surface area contributed by atoms with Crippen LogP contribution in [0.4, 0.5) is 0 Å². The lowest BCUT2D eigenvalue weighted by atomic mass is 10.1. The van der Waals surface area contributed by atoms with E-state index >= 15 is 0 Å². The maximum Gasteiger partial charge on any atom is 0.529 e. The lowest BCUT2D eigenvalue weighted by Crippen LogP contribution is -2.50. The van der Waals surface area contributed by atoms with Gasteiger partial charge in [-0.3, -0.25) is 0 Å². The Balaban J connectivity index is 2.78. The number of hydrogen-bond donors (Lipinski definition) is 3. The molecule has 0 spiro atoms. The molecular formula is C11H18O3Si. The molecule has 0 unspecified atom stereocenters. The van der Waals surface area contributed by atoms with Crippen LogP contribution in [0.3, 0.4) is 0 Å². The quantitative estimate of drug-likeness (QED) is 0.507. The first-order valence-electron chi connectivity index (χ1n) is 5.31. The first kappa shape index (κ1) is 12.4. The number of hydrogen-bond acceptors (Lipinski definition) is 3. The summed E-state index contributed by atoms with van der Waals surface area (Å²) in [5.74, 6) is 0. The Kier molecular flexibility index (Phi) is 4.47. The van der Waals surface area contributed by atoms with Gasteiger partial charge in [0.25, 0.3) is 0 Å². The van der Waals surface area contributed by atoms with Crippen LogP contribution < -0.4 is 5.19 Å². The molecular weight excluding hydrogens is 208 g/mol. The van der Waals surface area contributed by atoms with Gasteiger partial charge in [-0.05, 0) is 18.4 Å². The summed E-state index contributed by atoms with van der Waals surface area (Å²) in [5.41, 5.74) is 0.852. The van der Waals surface area contributed by atoms with Gasteiger partial charge in [-0.1, -0.05) is 44.0 Å². The molecule has 4 heteroatoms. The Morgan fingerprint density at radius 2 is 1.73 bits per heavy atom. The van der Waals surface area contributed by atoms with Crippen molar-refractivity contribution in [2.45, 2.75) is 32.6 Å². The van der Waals surface area contributed by atoms with Crippen LogP contribution in [0.2, 0.25) is 0 Å². The highest BCUT2D eigenvalue weighted by atomic mass is 28.4. The summed E-state index contributed by atoms with van der Waals surface area (Å²) in [6.07, 6.45) is 4.05. The molecule has 1 rings (SSSR count). The largest absolute Gasteiger partial charge is 0.529 e. The predicted molar refractivity (Wildman–Crippen MR) is 61.7 cm³/mol. The Hall–Kier alpha value is -0.683. The van der Waals surface area contributed by atoms with Crippen molar-refractivity contribution in [3.8, 4) is 0 Å². The smallest absolute Gasteiger partial charge is 0.386 e. The second-order valence-corrected chi connectivity index (χ2v) is 5.56. The van der Waals surface area contributed by atoms with E-state index in [1.54, 1.807) is 12.1 Å². The van der Waals surface area contributed by atoms with Crippen molar-refractivity contribution in [3.63, 3.8) is 0 Å². The summed E-state index contributed by atoms with van der Waals surface area (Å²) >= 11 is 0. The second kappa shape index (κ2) is 5.41. The normalized spacial score (nSPS) is 11.7. The number of rotatable bonds is 5. The van der Waals surface area contributed by atoms with Crippen LogP contribution >= 0.6 is 0 Å². The molecule has 0 bridgehead atoms. The Labute approximate surface area is 91.4 Å². The molecule has 3 nitrogen and oxygen atoms in total. The van der Waals surface area contributed by atoms with Gasteiger partial charge in [0.2, 0.25) is 0 Å². The van der Waals surface area contributed by atoms with Crippen LogP contribution in [0, 0.1) is 0 Å². The number of aryl methyl sites for hydroxylation is 1. The molecule has 0 atom stereocenters. The van der Waals surface area contributed by atoms with Crippen molar-refractivity contribution in [3.05, 3.63) is 29.8 Å². The minimum absolute atomic E-state index is 0.320. The van der Waals surface area contributed by atoms with E-state index in [2.05, 4.69) is 6.92 Å². The molecule has 0 aliphatic rings. The molecule has 15 heavy (non-hydrogen) atoms. The van der Waals surface area contributed by atoms with Crippen molar-refractivity contribution < 1.29 is 14.4 Å². The van der Waals surface area contributed by atoms with Crippen LogP contribution in [0.5, 0.6) is 0 Å². The molecule has 0 amide bonds. The predicted octanol–water partition coefficient (Wildman–Crippen LogP) is 0.542. The zero-order valence-corrected chi connectivity index (χ0v) is 9.98. The summed E-state index contributed by atoms with van der Waals surface area (Å²) in [4.78, 5) is 27.8. The zero-order valence-electron chi connectivity index (χ0n) is 8.98. The molecule has 0 fully saturated rings. The molecule has 1 aromatic rings. The fourth-order valence-corrected chi connectivity index (χ4v) is 2.59. The van der Waals surface area contributed by atoms with E-state index in [1.807, 2.05) is 12.1 Å². The standard InChI is InChI=1S/C11H18O3Si/c1-2-3-4-7-10-8-5-6-9-11(10)15(12,13)14/h5-6,8-9,12-14H,2-4,7H2,1H3. The monoisotopic (exact) mass is 226 g/mol. The van der Waals surface area contributed by atoms with Crippen molar-refractivity contribution in [1.29, 1.82) is 0 Å².